The van der Waals surface area contributed by atoms with E-state index >= 15 is 4.79 Å². The summed E-state index contributed by atoms with van der Waals surface area (Å²) in [4.78, 5) is 41.7. The van der Waals surface area contributed by atoms with E-state index in [-0.39, 0.29) is 36.2 Å². The molecule has 2 saturated heterocycles. The molecule has 1 aromatic carbocycles. The molecule has 2 aliphatic heterocycles. The fourth-order valence-electron chi connectivity index (χ4n) is 8.90. The lowest BCUT2D eigenvalue weighted by atomic mass is 9.44. The predicted octanol–water partition coefficient (Wildman–Crippen LogP) is -0.455. The summed E-state index contributed by atoms with van der Waals surface area (Å²) >= 11 is 0. The molecule has 2 bridgehead atoms. The van der Waals surface area contributed by atoms with Crippen molar-refractivity contribution in [3.8, 4) is 0 Å². The zero-order valence-electron chi connectivity index (χ0n) is 27.4. The van der Waals surface area contributed by atoms with Crippen LogP contribution in [0.2, 0.25) is 0 Å². The molecule has 14 nitrogen and oxygen atoms in total. The molecule has 0 aromatic heterocycles. The molecule has 13 atom stereocenters. The first-order valence-corrected chi connectivity index (χ1v) is 16.1. The number of ketones is 1. The summed E-state index contributed by atoms with van der Waals surface area (Å²) < 4.78 is 30.0. The molecule has 3 aliphatic carbocycles. The molecule has 0 radical (unpaired) electrons. The zero-order chi connectivity index (χ0) is 35.1. The molecule has 2 heterocycles. The third-order valence-corrected chi connectivity index (χ3v) is 11.7. The fourth-order valence-corrected chi connectivity index (χ4v) is 8.90. The van der Waals surface area contributed by atoms with E-state index in [0.29, 0.717) is 0 Å². The number of rotatable bonds is 5. The molecule has 0 amide bonds. The van der Waals surface area contributed by atoms with Crippen LogP contribution in [0, 0.1) is 16.7 Å². The Hall–Kier alpha value is -2.79. The van der Waals surface area contributed by atoms with Crippen LogP contribution in [0.4, 0.5) is 0 Å². The molecule has 48 heavy (non-hydrogen) atoms. The highest BCUT2D eigenvalue weighted by atomic mass is 16.7. The van der Waals surface area contributed by atoms with Crippen molar-refractivity contribution in [2.24, 2.45) is 16.7 Å². The number of benzene rings is 1. The van der Waals surface area contributed by atoms with Gasteiger partial charge >= 0.3 is 11.9 Å². The van der Waals surface area contributed by atoms with Crippen LogP contribution in [0.5, 0.6) is 0 Å². The van der Waals surface area contributed by atoms with E-state index in [2.05, 4.69) is 0 Å². The molecule has 1 aromatic rings. The van der Waals surface area contributed by atoms with Crippen LogP contribution >= 0.6 is 0 Å². The lowest BCUT2D eigenvalue weighted by Crippen LogP contribution is -2.82. The number of carbonyl (C=O) groups is 3. The van der Waals surface area contributed by atoms with Gasteiger partial charge in [-0.15, -0.1) is 0 Å². The summed E-state index contributed by atoms with van der Waals surface area (Å²) in [6.45, 7) is 6.67. The fraction of sp³-hybridized carbons (Fsp3) is 0.676. The van der Waals surface area contributed by atoms with Crippen LogP contribution in [0.1, 0.15) is 57.8 Å². The maximum Gasteiger partial charge on any atom is 0.338 e. The Balaban J connectivity index is 1.59. The number of ether oxygens (including phenoxy) is 5. The molecule has 6 rings (SSSR count). The minimum Gasteiger partial charge on any atom is -0.455 e. The van der Waals surface area contributed by atoms with Gasteiger partial charge < -0.3 is 54.3 Å². The average Bonchev–Trinajstić information content (AvgIpc) is 3.02. The Bertz CT molecular complexity index is 1490. The van der Waals surface area contributed by atoms with Gasteiger partial charge in [-0.3, -0.25) is 9.59 Å². The van der Waals surface area contributed by atoms with Gasteiger partial charge in [0.1, 0.15) is 42.2 Å². The summed E-state index contributed by atoms with van der Waals surface area (Å²) in [7, 11) is 0. The first kappa shape index (κ1) is 35.1. The van der Waals surface area contributed by atoms with Gasteiger partial charge in [-0.2, -0.15) is 0 Å². The highest BCUT2D eigenvalue weighted by Crippen LogP contribution is 2.64. The van der Waals surface area contributed by atoms with E-state index in [1.165, 1.54) is 26.0 Å². The molecule has 14 heteroatoms. The quantitative estimate of drug-likeness (QED) is 0.172. The van der Waals surface area contributed by atoms with Gasteiger partial charge in [0.15, 0.2) is 17.7 Å². The standard InChI is InChI=1S/C34H44O14/c1-15-18(36)12-34(43)28(47-29(42)17-9-7-6-8-10-17)26-32(5,27(41)24(39)22(15)31(34,3)4)20(11-21-33(26,14-45-21)48-16(2)35)46-30-25(40)23(38)19(37)13-44-30/h6-10,18-21,23-26,28,30,36-40,43H,11-14H2,1-5H3/t18-,19-,20-,21-,23+,24+,25+,26-,28+,30+,32+,33-,34+/m0/s1. The minimum absolute atomic E-state index is 0.0361. The molecule has 264 valence electrons. The zero-order valence-corrected chi connectivity index (χ0v) is 27.4. The van der Waals surface area contributed by atoms with Crippen molar-refractivity contribution >= 4 is 17.7 Å². The van der Waals surface area contributed by atoms with E-state index in [0.717, 1.165) is 0 Å². The number of fused-ring (bicyclic) bond motifs is 5. The van der Waals surface area contributed by atoms with Gasteiger partial charge in [0.2, 0.25) is 0 Å². The number of aliphatic hydroxyl groups excluding tert-OH is 5. The van der Waals surface area contributed by atoms with Crippen molar-refractivity contribution < 1.29 is 68.7 Å². The number of hydrogen-bond donors (Lipinski definition) is 6. The molecule has 4 fully saturated rings. The Morgan fingerprint density at radius 1 is 0.979 bits per heavy atom. The van der Waals surface area contributed by atoms with Gasteiger partial charge in [0.05, 0.1) is 42.3 Å². The van der Waals surface area contributed by atoms with Gasteiger partial charge in [0.25, 0.3) is 0 Å². The first-order valence-electron chi connectivity index (χ1n) is 16.1. The normalized spacial score (nSPS) is 45.1. The van der Waals surface area contributed by atoms with Crippen molar-refractivity contribution in [3.63, 3.8) is 0 Å². The Morgan fingerprint density at radius 3 is 2.25 bits per heavy atom. The number of hydrogen-bond acceptors (Lipinski definition) is 14. The number of Topliss-reactive ketones (excluding diaryl/α,β-unsaturated/α-hetero) is 1. The average molecular weight is 677 g/mol. The summed E-state index contributed by atoms with van der Waals surface area (Å²) in [6, 6.07) is 7.95. The summed E-state index contributed by atoms with van der Waals surface area (Å²) in [5.74, 6) is -3.93. The summed E-state index contributed by atoms with van der Waals surface area (Å²) in [5.41, 5.74) is -6.93. The summed E-state index contributed by atoms with van der Waals surface area (Å²) in [6.07, 6.45) is -14.2. The summed E-state index contributed by atoms with van der Waals surface area (Å²) in [5, 5.41) is 67.5. The Kier molecular flexibility index (Phi) is 8.71. The minimum atomic E-state index is -2.18. The molecular weight excluding hydrogens is 632 g/mol. The van der Waals surface area contributed by atoms with E-state index < -0.39 is 107 Å². The van der Waals surface area contributed by atoms with Gasteiger partial charge in [-0.25, -0.2) is 4.79 Å². The topological polar surface area (TPSA) is 219 Å². The molecule has 6 N–H and O–H groups in total. The monoisotopic (exact) mass is 676 g/mol. The van der Waals surface area contributed by atoms with E-state index in [4.69, 9.17) is 23.7 Å². The largest absolute Gasteiger partial charge is 0.455 e. The van der Waals surface area contributed by atoms with Crippen LogP contribution in [0.3, 0.4) is 0 Å². The molecule has 0 unspecified atom stereocenters. The van der Waals surface area contributed by atoms with Gasteiger partial charge in [-0.1, -0.05) is 32.0 Å². The van der Waals surface area contributed by atoms with Crippen molar-refractivity contribution in [1.82, 2.24) is 0 Å². The van der Waals surface area contributed by atoms with Gasteiger partial charge in [0, 0.05) is 25.2 Å². The second-order valence-corrected chi connectivity index (χ2v) is 14.5. The maximum absolute atomic E-state index is 15.0. The van der Waals surface area contributed by atoms with Crippen molar-refractivity contribution in [2.45, 2.75) is 114 Å². The van der Waals surface area contributed by atoms with Crippen molar-refractivity contribution in [2.75, 3.05) is 13.2 Å². The predicted molar refractivity (Wildman–Crippen MR) is 162 cm³/mol. The van der Waals surface area contributed by atoms with Crippen LogP contribution in [0.25, 0.3) is 0 Å². The first-order chi connectivity index (χ1) is 22.4. The SMILES string of the molecule is CC(=O)O[C@@]12CO[C@H]1C[C@H](O[C@H]1OC[C@H](O)[C@@H](O)[C@H]1O)[C@@]1(C)C(=O)[C@H](O)C3=C(C)[C@@H](O)C[C@@](O)([C@H](OC(=O)c4ccccc4)[C@H]21)C3(C)C. The van der Waals surface area contributed by atoms with E-state index in [9.17, 15) is 40.2 Å². The lowest BCUT2D eigenvalue weighted by molar-refractivity contribution is -0.366. The highest BCUT2D eigenvalue weighted by molar-refractivity contribution is 5.94. The smallest absolute Gasteiger partial charge is 0.338 e. The molecular formula is C34H44O14. The van der Waals surface area contributed by atoms with Crippen LogP contribution in [-0.2, 0) is 33.3 Å². The Labute approximate surface area is 277 Å². The molecule has 2 saturated carbocycles. The Morgan fingerprint density at radius 2 is 1.65 bits per heavy atom. The van der Waals surface area contributed by atoms with Crippen molar-refractivity contribution in [1.29, 1.82) is 0 Å². The second-order valence-electron chi connectivity index (χ2n) is 14.5. The molecule has 0 spiro atoms. The van der Waals surface area contributed by atoms with Crippen LogP contribution in [0.15, 0.2) is 41.5 Å². The van der Waals surface area contributed by atoms with Gasteiger partial charge in [-0.05, 0) is 37.1 Å². The highest BCUT2D eigenvalue weighted by Gasteiger charge is 2.78. The second kappa shape index (κ2) is 11.9. The third kappa shape index (κ3) is 4.91. The third-order valence-electron chi connectivity index (χ3n) is 11.7. The lowest BCUT2D eigenvalue weighted by Gasteiger charge is -2.68. The van der Waals surface area contributed by atoms with Crippen LogP contribution in [-0.4, -0.2) is 128 Å². The maximum atomic E-state index is 15.0. The number of carbonyl (C=O) groups excluding carboxylic acids is 3. The van der Waals surface area contributed by atoms with E-state index in [1.807, 2.05) is 0 Å². The number of aliphatic hydroxyl groups is 6. The molecule has 5 aliphatic rings. The number of esters is 2. The van der Waals surface area contributed by atoms with Crippen molar-refractivity contribution in [3.05, 3.63) is 47.0 Å². The van der Waals surface area contributed by atoms with E-state index in [1.54, 1.807) is 39.0 Å². The van der Waals surface area contributed by atoms with Crippen LogP contribution < -0.4 is 0 Å².